The molecule has 0 atom stereocenters. The first kappa shape index (κ1) is 12.6. The average Bonchev–Trinajstić information content (AvgIpc) is 3.10. The van der Waals surface area contributed by atoms with E-state index >= 15 is 0 Å². The zero-order chi connectivity index (χ0) is 13.9. The van der Waals surface area contributed by atoms with E-state index in [9.17, 15) is 4.79 Å². The monoisotopic (exact) mass is 284 g/mol. The molecule has 0 unspecified atom stereocenters. The first-order valence-electron chi connectivity index (χ1n) is 6.05. The normalized spacial score (nSPS) is 10.4. The maximum absolute atomic E-state index is 12.0. The summed E-state index contributed by atoms with van der Waals surface area (Å²) in [5.74, 6) is -0.0865. The molecule has 0 aliphatic rings. The van der Waals surface area contributed by atoms with Crippen LogP contribution in [0.4, 0.5) is 5.69 Å². The summed E-state index contributed by atoms with van der Waals surface area (Å²) in [5, 5.41) is 6.92. The smallest absolute Gasteiger partial charge is 0.265 e. The molecule has 0 bridgehead atoms. The predicted octanol–water partition coefficient (Wildman–Crippen LogP) is 2.89. The fourth-order valence-electron chi connectivity index (χ4n) is 1.79. The van der Waals surface area contributed by atoms with E-state index in [1.54, 1.807) is 11.0 Å². The van der Waals surface area contributed by atoms with Crippen LogP contribution in [0.3, 0.4) is 0 Å². The standard InChI is InChI=1S/C14H12N4OS/c1-10-2-7-13(20-10)14(19)17-11-3-5-12(6-4-11)18-9-15-8-16-18/h2-9H,1H3,(H,17,19). The van der Waals surface area contributed by atoms with Crippen LogP contribution in [-0.2, 0) is 0 Å². The predicted molar refractivity (Wildman–Crippen MR) is 78.4 cm³/mol. The van der Waals surface area contributed by atoms with Crippen LogP contribution in [0.25, 0.3) is 5.69 Å². The maximum atomic E-state index is 12.0. The van der Waals surface area contributed by atoms with E-state index in [1.165, 1.54) is 17.7 Å². The first-order valence-corrected chi connectivity index (χ1v) is 6.87. The molecule has 3 rings (SSSR count). The molecule has 1 N–H and O–H groups in total. The van der Waals surface area contributed by atoms with Crippen LogP contribution < -0.4 is 5.32 Å². The van der Waals surface area contributed by atoms with Crippen LogP contribution in [0.5, 0.6) is 0 Å². The number of aromatic nitrogens is 3. The molecule has 0 aliphatic heterocycles. The summed E-state index contributed by atoms with van der Waals surface area (Å²) in [7, 11) is 0. The van der Waals surface area contributed by atoms with E-state index in [-0.39, 0.29) is 5.91 Å². The Balaban J connectivity index is 1.74. The molecule has 0 fully saturated rings. The zero-order valence-corrected chi connectivity index (χ0v) is 11.6. The lowest BCUT2D eigenvalue weighted by atomic mass is 10.2. The van der Waals surface area contributed by atoms with Gasteiger partial charge in [-0.1, -0.05) is 0 Å². The van der Waals surface area contributed by atoms with Crippen LogP contribution in [0.1, 0.15) is 14.5 Å². The Morgan fingerprint density at radius 2 is 2.00 bits per heavy atom. The van der Waals surface area contributed by atoms with Crippen molar-refractivity contribution >= 4 is 22.9 Å². The molecule has 0 spiro atoms. The Bertz CT molecular complexity index is 716. The summed E-state index contributed by atoms with van der Waals surface area (Å²) in [6.45, 7) is 1.98. The van der Waals surface area contributed by atoms with Crippen LogP contribution in [0.15, 0.2) is 49.1 Å². The third kappa shape index (κ3) is 2.60. The van der Waals surface area contributed by atoms with Gasteiger partial charge < -0.3 is 5.32 Å². The molecule has 100 valence electrons. The van der Waals surface area contributed by atoms with E-state index in [0.29, 0.717) is 4.88 Å². The topological polar surface area (TPSA) is 59.8 Å². The lowest BCUT2D eigenvalue weighted by molar-refractivity contribution is 0.103. The van der Waals surface area contributed by atoms with Gasteiger partial charge in [0.25, 0.3) is 5.91 Å². The van der Waals surface area contributed by atoms with Gasteiger partial charge in [-0.3, -0.25) is 4.79 Å². The lowest BCUT2D eigenvalue weighted by Crippen LogP contribution is -2.10. The number of nitrogens with one attached hydrogen (secondary N) is 1. The van der Waals surface area contributed by atoms with Crippen molar-refractivity contribution in [2.24, 2.45) is 0 Å². The van der Waals surface area contributed by atoms with Crippen molar-refractivity contribution in [2.75, 3.05) is 5.32 Å². The van der Waals surface area contributed by atoms with Crippen LogP contribution in [0, 0.1) is 6.92 Å². The van der Waals surface area contributed by atoms with Crippen molar-refractivity contribution in [3.8, 4) is 5.69 Å². The average molecular weight is 284 g/mol. The van der Waals surface area contributed by atoms with Gasteiger partial charge in [-0.05, 0) is 43.3 Å². The van der Waals surface area contributed by atoms with E-state index in [4.69, 9.17) is 0 Å². The molecule has 2 aromatic heterocycles. The van der Waals surface area contributed by atoms with Crippen molar-refractivity contribution in [1.29, 1.82) is 0 Å². The number of hydrogen-bond acceptors (Lipinski definition) is 4. The molecule has 0 aliphatic carbocycles. The Labute approximate surface area is 119 Å². The second-order valence-corrected chi connectivity index (χ2v) is 5.54. The molecule has 1 amide bonds. The van der Waals surface area contributed by atoms with Crippen LogP contribution in [0.2, 0.25) is 0 Å². The molecule has 3 aromatic rings. The summed E-state index contributed by atoms with van der Waals surface area (Å²) in [5.41, 5.74) is 1.65. The molecule has 1 aromatic carbocycles. The third-order valence-electron chi connectivity index (χ3n) is 2.77. The quantitative estimate of drug-likeness (QED) is 0.804. The van der Waals surface area contributed by atoms with Gasteiger partial charge in [0.1, 0.15) is 12.7 Å². The molecule has 20 heavy (non-hydrogen) atoms. The largest absolute Gasteiger partial charge is 0.321 e. The first-order chi connectivity index (χ1) is 9.72. The summed E-state index contributed by atoms with van der Waals surface area (Å²) in [4.78, 5) is 17.7. The molecule has 5 nitrogen and oxygen atoms in total. The van der Waals surface area contributed by atoms with Gasteiger partial charge in [0.15, 0.2) is 0 Å². The van der Waals surface area contributed by atoms with Crippen molar-refractivity contribution < 1.29 is 4.79 Å². The Morgan fingerprint density at radius 3 is 2.60 bits per heavy atom. The summed E-state index contributed by atoms with van der Waals surface area (Å²) < 4.78 is 1.66. The minimum absolute atomic E-state index is 0.0865. The molecule has 0 saturated heterocycles. The van der Waals surface area contributed by atoms with Gasteiger partial charge in [0, 0.05) is 10.6 Å². The summed E-state index contributed by atoms with van der Waals surface area (Å²) in [6, 6.07) is 11.2. The van der Waals surface area contributed by atoms with Gasteiger partial charge in [0.05, 0.1) is 10.6 Å². The van der Waals surface area contributed by atoms with Gasteiger partial charge in [-0.2, -0.15) is 5.10 Å². The van der Waals surface area contributed by atoms with Gasteiger partial charge in [-0.15, -0.1) is 11.3 Å². The van der Waals surface area contributed by atoms with E-state index in [1.807, 2.05) is 43.3 Å². The molecular formula is C14H12N4OS. The van der Waals surface area contributed by atoms with Crippen molar-refractivity contribution in [3.63, 3.8) is 0 Å². The van der Waals surface area contributed by atoms with Crippen molar-refractivity contribution in [1.82, 2.24) is 14.8 Å². The maximum Gasteiger partial charge on any atom is 0.265 e. The molecular weight excluding hydrogens is 272 g/mol. The Kier molecular flexibility index (Phi) is 3.30. The number of amides is 1. The number of thiophene rings is 1. The minimum atomic E-state index is -0.0865. The SMILES string of the molecule is Cc1ccc(C(=O)Nc2ccc(-n3cncn3)cc2)s1. The molecule has 2 heterocycles. The zero-order valence-electron chi connectivity index (χ0n) is 10.8. The fraction of sp³-hybridized carbons (Fsp3) is 0.0714. The Morgan fingerprint density at radius 1 is 1.20 bits per heavy atom. The number of anilines is 1. The number of carbonyl (C=O) groups excluding carboxylic acids is 1. The highest BCUT2D eigenvalue weighted by Gasteiger charge is 2.08. The van der Waals surface area contributed by atoms with Gasteiger partial charge in [-0.25, -0.2) is 9.67 Å². The van der Waals surface area contributed by atoms with Crippen LogP contribution in [-0.4, -0.2) is 20.7 Å². The number of rotatable bonds is 3. The third-order valence-corrected chi connectivity index (χ3v) is 3.77. The summed E-state index contributed by atoms with van der Waals surface area (Å²) in [6.07, 6.45) is 3.11. The highest BCUT2D eigenvalue weighted by atomic mass is 32.1. The van der Waals surface area contributed by atoms with Gasteiger partial charge >= 0.3 is 0 Å². The number of nitrogens with zero attached hydrogens (tertiary/aromatic N) is 3. The van der Waals surface area contributed by atoms with Crippen molar-refractivity contribution in [3.05, 3.63) is 58.8 Å². The Hall–Kier alpha value is -2.47. The molecule has 0 saturated carbocycles. The highest BCUT2D eigenvalue weighted by molar-refractivity contribution is 7.14. The molecule has 6 heteroatoms. The summed E-state index contributed by atoms with van der Waals surface area (Å²) >= 11 is 1.48. The lowest BCUT2D eigenvalue weighted by Gasteiger charge is -2.05. The number of aryl methyl sites for hydroxylation is 1. The van der Waals surface area contributed by atoms with E-state index in [0.717, 1.165) is 16.3 Å². The van der Waals surface area contributed by atoms with Gasteiger partial charge in [0.2, 0.25) is 0 Å². The van der Waals surface area contributed by atoms with Crippen LogP contribution >= 0.6 is 11.3 Å². The molecule has 0 radical (unpaired) electrons. The second kappa shape index (κ2) is 5.26. The van der Waals surface area contributed by atoms with Crippen molar-refractivity contribution in [2.45, 2.75) is 6.92 Å². The van der Waals surface area contributed by atoms with E-state index < -0.39 is 0 Å². The van der Waals surface area contributed by atoms with E-state index in [2.05, 4.69) is 15.4 Å². The number of carbonyl (C=O) groups is 1. The number of hydrogen-bond donors (Lipinski definition) is 1. The highest BCUT2D eigenvalue weighted by Crippen LogP contribution is 2.18. The minimum Gasteiger partial charge on any atom is -0.321 e. The second-order valence-electron chi connectivity index (χ2n) is 4.25. The number of benzene rings is 1. The fourth-order valence-corrected chi connectivity index (χ4v) is 2.55.